The SMILES string of the molecule is F[B-](F)(F)C12CCCC1C2(F)F.[K+]. The van der Waals surface area contributed by atoms with Crippen molar-refractivity contribution in [1.29, 1.82) is 0 Å². The topological polar surface area (TPSA) is 0 Å². The zero-order chi connectivity index (χ0) is 9.20. The molecule has 0 radical (unpaired) electrons. The molecule has 0 spiro atoms. The Hall–Kier alpha value is 1.35. The van der Waals surface area contributed by atoms with Crippen molar-refractivity contribution in [2.45, 2.75) is 30.5 Å². The Bertz CT molecular complexity index is 215. The molecule has 0 heterocycles. The molecule has 2 saturated carbocycles. The first-order chi connectivity index (χ1) is 5.34. The molecule has 0 aromatic carbocycles. The van der Waals surface area contributed by atoms with E-state index in [9.17, 15) is 21.7 Å². The molecule has 2 aliphatic rings. The average molecular weight is 224 g/mol. The summed E-state index contributed by atoms with van der Waals surface area (Å²) in [6.45, 7) is -5.37. The summed E-state index contributed by atoms with van der Waals surface area (Å²) in [7, 11) is 0. The summed E-state index contributed by atoms with van der Waals surface area (Å²) in [5.74, 6) is -4.85. The molecule has 0 aromatic heterocycles. The van der Waals surface area contributed by atoms with Crippen molar-refractivity contribution in [2.24, 2.45) is 5.92 Å². The van der Waals surface area contributed by atoms with Crippen molar-refractivity contribution in [3.63, 3.8) is 0 Å². The maximum Gasteiger partial charge on any atom is 1.00 e. The molecule has 2 fully saturated rings. The Balaban J connectivity index is 0.000000845. The van der Waals surface area contributed by atoms with Crippen LogP contribution in [0.1, 0.15) is 19.3 Å². The minimum Gasteiger partial charge on any atom is -0.448 e. The number of hydrogen-bond donors (Lipinski definition) is 0. The third-order valence-corrected chi connectivity index (χ3v) is 3.26. The van der Waals surface area contributed by atoms with Crippen LogP contribution in [0.2, 0.25) is 5.31 Å². The maximum absolute atomic E-state index is 12.7. The molecular weight excluding hydrogens is 217 g/mol. The summed E-state index contributed by atoms with van der Waals surface area (Å²) < 4.78 is 62.2. The molecule has 0 nitrogen and oxygen atoms in total. The van der Waals surface area contributed by atoms with Gasteiger partial charge in [0.1, 0.15) is 0 Å². The van der Waals surface area contributed by atoms with Crippen LogP contribution in [-0.4, -0.2) is 12.9 Å². The first kappa shape index (κ1) is 12.4. The second-order valence-corrected chi connectivity index (χ2v) is 3.68. The van der Waals surface area contributed by atoms with Crippen LogP contribution in [-0.2, 0) is 0 Å². The van der Waals surface area contributed by atoms with E-state index in [1.54, 1.807) is 0 Å². The van der Waals surface area contributed by atoms with Crippen LogP contribution in [0.5, 0.6) is 0 Å². The fourth-order valence-electron chi connectivity index (χ4n) is 2.54. The molecule has 2 aliphatic carbocycles. The van der Waals surface area contributed by atoms with Crippen LogP contribution >= 0.6 is 0 Å². The van der Waals surface area contributed by atoms with Gasteiger partial charge in [0, 0.05) is 11.2 Å². The van der Waals surface area contributed by atoms with Crippen molar-refractivity contribution in [3.05, 3.63) is 0 Å². The van der Waals surface area contributed by atoms with E-state index in [1.165, 1.54) is 0 Å². The maximum atomic E-state index is 12.7. The molecule has 7 heteroatoms. The summed E-state index contributed by atoms with van der Waals surface area (Å²) in [4.78, 5) is 0. The van der Waals surface area contributed by atoms with Gasteiger partial charge in [0.15, 0.2) is 0 Å². The molecule has 0 bridgehead atoms. The van der Waals surface area contributed by atoms with E-state index >= 15 is 0 Å². The van der Waals surface area contributed by atoms with Crippen molar-refractivity contribution < 1.29 is 73.1 Å². The van der Waals surface area contributed by atoms with Crippen molar-refractivity contribution >= 4 is 6.98 Å². The van der Waals surface area contributed by atoms with E-state index in [0.29, 0.717) is 6.42 Å². The zero-order valence-electron chi connectivity index (χ0n) is 7.17. The van der Waals surface area contributed by atoms with Gasteiger partial charge in [-0.2, -0.15) is 0 Å². The molecule has 2 atom stereocenters. The van der Waals surface area contributed by atoms with Gasteiger partial charge in [-0.15, -0.1) is 0 Å². The fraction of sp³-hybridized carbons (Fsp3) is 1.00. The Morgan fingerprint density at radius 2 is 1.69 bits per heavy atom. The van der Waals surface area contributed by atoms with Crippen molar-refractivity contribution in [3.8, 4) is 0 Å². The van der Waals surface area contributed by atoms with E-state index in [1.807, 2.05) is 0 Å². The van der Waals surface area contributed by atoms with Crippen LogP contribution in [0, 0.1) is 5.92 Å². The summed E-state index contributed by atoms with van der Waals surface area (Å²) in [5.41, 5.74) is 0. The van der Waals surface area contributed by atoms with Gasteiger partial charge in [-0.05, 0) is 6.42 Å². The molecule has 70 valence electrons. The van der Waals surface area contributed by atoms with Crippen LogP contribution in [0.4, 0.5) is 21.7 Å². The molecular formula is C6H7BF5K. The van der Waals surface area contributed by atoms with Crippen LogP contribution in [0.15, 0.2) is 0 Å². The van der Waals surface area contributed by atoms with Crippen LogP contribution < -0.4 is 51.4 Å². The number of rotatable bonds is 1. The van der Waals surface area contributed by atoms with Gasteiger partial charge in [-0.1, -0.05) is 12.8 Å². The molecule has 0 amide bonds. The number of halogens is 5. The van der Waals surface area contributed by atoms with E-state index in [2.05, 4.69) is 0 Å². The molecule has 2 rings (SSSR count). The number of alkyl halides is 2. The Kier molecular flexibility index (Phi) is 3.03. The fourth-order valence-corrected chi connectivity index (χ4v) is 2.54. The summed E-state index contributed by atoms with van der Waals surface area (Å²) in [6, 6.07) is 0. The zero-order valence-corrected chi connectivity index (χ0v) is 10.3. The molecule has 0 aromatic rings. The Labute approximate surface area is 115 Å². The number of fused-ring (bicyclic) bond motifs is 1. The third-order valence-electron chi connectivity index (χ3n) is 3.26. The van der Waals surface area contributed by atoms with E-state index in [-0.39, 0.29) is 64.2 Å². The van der Waals surface area contributed by atoms with E-state index in [0.717, 1.165) is 0 Å². The Morgan fingerprint density at radius 3 is 1.92 bits per heavy atom. The van der Waals surface area contributed by atoms with Gasteiger partial charge >= 0.3 is 58.4 Å². The monoisotopic (exact) mass is 224 g/mol. The summed E-state index contributed by atoms with van der Waals surface area (Å²) >= 11 is 0. The minimum absolute atomic E-state index is 0. The van der Waals surface area contributed by atoms with Crippen LogP contribution in [0.3, 0.4) is 0 Å². The first-order valence-corrected chi connectivity index (χ1v) is 3.91. The molecule has 0 N–H and O–H groups in total. The van der Waals surface area contributed by atoms with Crippen LogP contribution in [0.25, 0.3) is 0 Å². The largest absolute Gasteiger partial charge is 1.00 e. The normalized spacial score (nSPS) is 40.8. The third kappa shape index (κ3) is 1.30. The second-order valence-electron chi connectivity index (χ2n) is 3.68. The quantitative estimate of drug-likeness (QED) is 0.435. The van der Waals surface area contributed by atoms with E-state index in [4.69, 9.17) is 0 Å². The molecule has 13 heavy (non-hydrogen) atoms. The van der Waals surface area contributed by atoms with Gasteiger partial charge < -0.3 is 12.9 Å². The smallest absolute Gasteiger partial charge is 0.448 e. The first-order valence-electron chi connectivity index (χ1n) is 3.91. The molecule has 0 saturated heterocycles. The van der Waals surface area contributed by atoms with Crippen molar-refractivity contribution in [1.82, 2.24) is 0 Å². The van der Waals surface area contributed by atoms with Gasteiger partial charge in [-0.3, -0.25) is 0 Å². The van der Waals surface area contributed by atoms with E-state index < -0.39 is 24.1 Å². The van der Waals surface area contributed by atoms with Gasteiger partial charge in [0.05, 0.1) is 0 Å². The predicted molar refractivity (Wildman–Crippen MR) is 34.1 cm³/mol. The summed E-state index contributed by atoms with van der Waals surface area (Å²) in [6.07, 6.45) is -0.0378. The van der Waals surface area contributed by atoms with Gasteiger partial charge in [0.25, 0.3) is 0 Å². The minimum atomic E-state index is -5.37. The average Bonchev–Trinajstić information content (AvgIpc) is 2.29. The Morgan fingerprint density at radius 1 is 1.15 bits per heavy atom. The van der Waals surface area contributed by atoms with Gasteiger partial charge in [0.2, 0.25) is 5.92 Å². The number of hydrogen-bond acceptors (Lipinski definition) is 0. The standard InChI is InChI=1S/C6H7BF5.K/c8-6(9)4-2-1-3-5(4,6)7(10,11)12;/h4H,1-3H2;/q-1;+1. The predicted octanol–water partition coefficient (Wildman–Crippen LogP) is 0.0272. The second kappa shape index (κ2) is 3.17. The molecule has 2 unspecified atom stereocenters. The summed E-state index contributed by atoms with van der Waals surface area (Å²) in [5, 5.41) is -2.58. The van der Waals surface area contributed by atoms with Gasteiger partial charge in [-0.25, -0.2) is 8.78 Å². The van der Waals surface area contributed by atoms with Crippen molar-refractivity contribution in [2.75, 3.05) is 0 Å². The molecule has 0 aliphatic heterocycles.